The van der Waals surface area contributed by atoms with E-state index < -0.39 is 0 Å². The average molecular weight is 242 g/mol. The Hall–Kier alpha value is -0.610. The summed E-state index contributed by atoms with van der Waals surface area (Å²) >= 11 is 0. The van der Waals surface area contributed by atoms with Gasteiger partial charge in [0.05, 0.1) is 0 Å². The molecule has 0 aromatic heterocycles. The van der Waals surface area contributed by atoms with Gasteiger partial charge in [-0.05, 0) is 44.1 Å². The molecule has 1 fully saturated rings. The predicted molar refractivity (Wildman–Crippen MR) is 68.6 cm³/mol. The van der Waals surface area contributed by atoms with Crippen molar-refractivity contribution in [1.82, 2.24) is 5.32 Å². The van der Waals surface area contributed by atoms with E-state index in [1.807, 2.05) is 0 Å². The highest BCUT2D eigenvalue weighted by molar-refractivity contribution is 5.75. The molecule has 1 aliphatic carbocycles. The maximum Gasteiger partial charge on any atom is 0.220 e. The summed E-state index contributed by atoms with van der Waals surface area (Å²) in [6.07, 6.45) is 5.03. The van der Waals surface area contributed by atoms with Crippen molar-refractivity contribution in [2.75, 3.05) is 26.3 Å². The highest BCUT2D eigenvalue weighted by Gasteiger charge is 2.20. The molecule has 0 aliphatic heterocycles. The summed E-state index contributed by atoms with van der Waals surface area (Å²) in [6.45, 7) is 5.11. The number of nitrogens with two attached hydrogens (primary N) is 1. The van der Waals surface area contributed by atoms with Crippen LogP contribution in [0.15, 0.2) is 0 Å². The van der Waals surface area contributed by atoms with E-state index in [-0.39, 0.29) is 5.91 Å². The lowest BCUT2D eigenvalue weighted by Gasteiger charge is -2.08. The van der Waals surface area contributed by atoms with Crippen LogP contribution < -0.4 is 11.1 Å². The minimum absolute atomic E-state index is 0.132. The van der Waals surface area contributed by atoms with Crippen molar-refractivity contribution in [3.8, 4) is 0 Å². The highest BCUT2D eigenvalue weighted by atomic mass is 16.5. The Morgan fingerprint density at radius 1 is 1.53 bits per heavy atom. The predicted octanol–water partition coefficient (Wildman–Crippen LogP) is 1.29. The van der Waals surface area contributed by atoms with Gasteiger partial charge in [0.25, 0.3) is 0 Å². The topological polar surface area (TPSA) is 64.4 Å². The first-order valence-electron chi connectivity index (χ1n) is 6.77. The van der Waals surface area contributed by atoms with E-state index >= 15 is 0 Å². The van der Waals surface area contributed by atoms with E-state index in [1.54, 1.807) is 0 Å². The van der Waals surface area contributed by atoms with Crippen LogP contribution in [0.2, 0.25) is 0 Å². The van der Waals surface area contributed by atoms with Crippen LogP contribution in [0.4, 0.5) is 0 Å². The van der Waals surface area contributed by atoms with Crippen molar-refractivity contribution in [3.05, 3.63) is 0 Å². The summed E-state index contributed by atoms with van der Waals surface area (Å²) in [4.78, 5) is 11.4. The fourth-order valence-corrected chi connectivity index (χ4v) is 1.52. The Morgan fingerprint density at radius 2 is 2.29 bits per heavy atom. The molecule has 3 N–H and O–H groups in total. The Bertz CT molecular complexity index is 217. The third kappa shape index (κ3) is 8.16. The zero-order valence-corrected chi connectivity index (χ0v) is 10.9. The van der Waals surface area contributed by atoms with Crippen LogP contribution in [0.5, 0.6) is 0 Å². The average Bonchev–Trinajstić information content (AvgIpc) is 3.14. The lowest BCUT2D eigenvalue weighted by Crippen LogP contribution is -2.26. The van der Waals surface area contributed by atoms with Crippen molar-refractivity contribution in [2.24, 2.45) is 17.6 Å². The van der Waals surface area contributed by atoms with Gasteiger partial charge in [-0.3, -0.25) is 4.79 Å². The Morgan fingerprint density at radius 3 is 2.94 bits per heavy atom. The van der Waals surface area contributed by atoms with Crippen LogP contribution >= 0.6 is 0 Å². The molecule has 1 rings (SSSR count). The molecule has 0 bridgehead atoms. The number of nitrogens with one attached hydrogen (secondary N) is 1. The van der Waals surface area contributed by atoms with E-state index in [0.717, 1.165) is 38.5 Å². The molecule has 100 valence electrons. The van der Waals surface area contributed by atoms with E-state index in [9.17, 15) is 4.79 Å². The second-order valence-electron chi connectivity index (χ2n) is 5.10. The zero-order valence-electron chi connectivity index (χ0n) is 10.9. The van der Waals surface area contributed by atoms with Gasteiger partial charge >= 0.3 is 0 Å². The van der Waals surface area contributed by atoms with E-state index in [1.165, 1.54) is 12.8 Å². The van der Waals surface area contributed by atoms with Gasteiger partial charge in [0, 0.05) is 26.2 Å². The number of amides is 1. The number of hydrogen-bond donors (Lipinski definition) is 2. The molecule has 0 aromatic rings. The molecule has 17 heavy (non-hydrogen) atoms. The molecule has 0 aromatic carbocycles. The van der Waals surface area contributed by atoms with Gasteiger partial charge in [0.2, 0.25) is 5.91 Å². The van der Waals surface area contributed by atoms with E-state index in [0.29, 0.717) is 18.9 Å². The first kappa shape index (κ1) is 14.5. The van der Waals surface area contributed by atoms with Gasteiger partial charge in [-0.1, -0.05) is 6.92 Å². The van der Waals surface area contributed by atoms with E-state index in [4.69, 9.17) is 10.5 Å². The minimum atomic E-state index is 0.132. The monoisotopic (exact) mass is 242 g/mol. The number of carbonyl (C=O) groups is 1. The number of ether oxygens (including phenoxy) is 1. The molecule has 4 nitrogen and oxygen atoms in total. The largest absolute Gasteiger partial charge is 0.381 e. The van der Waals surface area contributed by atoms with Crippen molar-refractivity contribution >= 4 is 5.91 Å². The molecule has 0 saturated heterocycles. The quantitative estimate of drug-likeness (QED) is 0.567. The normalized spacial score (nSPS) is 16.8. The molecule has 1 saturated carbocycles. The maximum absolute atomic E-state index is 11.4. The first-order valence-corrected chi connectivity index (χ1v) is 6.77. The van der Waals surface area contributed by atoms with Gasteiger partial charge in [-0.2, -0.15) is 0 Å². The summed E-state index contributed by atoms with van der Waals surface area (Å²) in [5, 5.41) is 2.91. The molecule has 0 heterocycles. The molecule has 1 unspecified atom stereocenters. The molecule has 1 amide bonds. The number of hydrogen-bond acceptors (Lipinski definition) is 3. The lowest BCUT2D eigenvalue weighted by atomic mass is 10.1. The Labute approximate surface area is 104 Å². The molecular weight excluding hydrogens is 216 g/mol. The first-order chi connectivity index (χ1) is 8.22. The summed E-state index contributed by atoms with van der Waals surface area (Å²) < 4.78 is 5.49. The van der Waals surface area contributed by atoms with E-state index in [2.05, 4.69) is 12.2 Å². The van der Waals surface area contributed by atoms with Crippen LogP contribution in [-0.4, -0.2) is 32.2 Å². The molecular formula is C13H26N2O2. The number of carbonyl (C=O) groups excluding carboxylic acids is 1. The lowest BCUT2D eigenvalue weighted by molar-refractivity contribution is -0.121. The third-order valence-electron chi connectivity index (χ3n) is 3.10. The minimum Gasteiger partial charge on any atom is -0.381 e. The smallest absolute Gasteiger partial charge is 0.220 e. The van der Waals surface area contributed by atoms with Crippen LogP contribution in [0.25, 0.3) is 0 Å². The van der Waals surface area contributed by atoms with Gasteiger partial charge < -0.3 is 15.8 Å². The van der Waals surface area contributed by atoms with Crippen LogP contribution in [0, 0.1) is 11.8 Å². The van der Waals surface area contributed by atoms with Crippen LogP contribution in [0.3, 0.4) is 0 Å². The van der Waals surface area contributed by atoms with Crippen LogP contribution in [0.1, 0.15) is 39.0 Å². The third-order valence-corrected chi connectivity index (χ3v) is 3.10. The highest BCUT2D eigenvalue weighted by Crippen LogP contribution is 2.28. The summed E-state index contributed by atoms with van der Waals surface area (Å²) in [7, 11) is 0. The Balaban J connectivity index is 1.82. The van der Waals surface area contributed by atoms with Gasteiger partial charge in [-0.15, -0.1) is 0 Å². The van der Waals surface area contributed by atoms with Gasteiger partial charge in [0.15, 0.2) is 0 Å². The van der Waals surface area contributed by atoms with Gasteiger partial charge in [-0.25, -0.2) is 0 Å². The fourth-order valence-electron chi connectivity index (χ4n) is 1.52. The fraction of sp³-hybridized carbons (Fsp3) is 0.923. The summed E-state index contributed by atoms with van der Waals surface area (Å²) in [5.74, 6) is 1.39. The second-order valence-corrected chi connectivity index (χ2v) is 5.10. The Kier molecular flexibility index (Phi) is 7.21. The van der Waals surface area contributed by atoms with Gasteiger partial charge in [0.1, 0.15) is 0 Å². The molecule has 4 heteroatoms. The standard InChI is InChI=1S/C13H26N2O2/c1-11(9-14)3-6-13(16)15-7-2-8-17-10-12-4-5-12/h11-12H,2-10,14H2,1H3,(H,15,16). The van der Waals surface area contributed by atoms with Crippen molar-refractivity contribution in [2.45, 2.75) is 39.0 Å². The molecule has 1 aliphatic rings. The molecule has 0 spiro atoms. The zero-order chi connectivity index (χ0) is 12.5. The van der Waals surface area contributed by atoms with Crippen molar-refractivity contribution < 1.29 is 9.53 Å². The SMILES string of the molecule is CC(CN)CCC(=O)NCCCOCC1CC1. The summed E-state index contributed by atoms with van der Waals surface area (Å²) in [6, 6.07) is 0. The molecule has 1 atom stereocenters. The number of rotatable bonds is 10. The molecule has 0 radical (unpaired) electrons. The maximum atomic E-state index is 11.4. The summed E-state index contributed by atoms with van der Waals surface area (Å²) in [5.41, 5.74) is 5.49. The van der Waals surface area contributed by atoms with Crippen LogP contribution in [-0.2, 0) is 9.53 Å². The van der Waals surface area contributed by atoms with Crippen molar-refractivity contribution in [1.29, 1.82) is 0 Å². The van der Waals surface area contributed by atoms with Crippen molar-refractivity contribution in [3.63, 3.8) is 0 Å². The second kappa shape index (κ2) is 8.48.